The standard InChI is InChI=1S/C44H44N4O.Pt/c1-7-8-13-32-23-25-45-42(27-32)47-40-21-18-33(22-24-44(4,5)6)26-39(40)38-20-19-37(29-41(38)47)49-36-17-12-16-35(28-36)48-31(3)43(30(2)46-48)34-14-10-9-11-15-34;/h9-12,14-21,23,25-27H,7-8,13,22,24H2,1-6H3;/q-2;+2. The van der Waals surface area contributed by atoms with Crippen molar-refractivity contribution in [2.45, 2.75) is 73.6 Å². The Labute approximate surface area is 310 Å². The van der Waals surface area contributed by atoms with Crippen molar-refractivity contribution in [3.63, 3.8) is 0 Å². The minimum Gasteiger partial charge on any atom is -0.509 e. The van der Waals surface area contributed by atoms with E-state index in [1.807, 2.05) is 41.2 Å². The Balaban J connectivity index is 0.00000432. The fraction of sp³-hybridized carbons (Fsp3) is 0.273. The predicted molar refractivity (Wildman–Crippen MR) is 201 cm³/mol. The van der Waals surface area contributed by atoms with E-state index in [-0.39, 0.29) is 26.5 Å². The van der Waals surface area contributed by atoms with Crippen molar-refractivity contribution in [2.24, 2.45) is 5.41 Å². The van der Waals surface area contributed by atoms with Crippen LogP contribution in [0.4, 0.5) is 0 Å². The minimum atomic E-state index is 0. The summed E-state index contributed by atoms with van der Waals surface area (Å²) in [6.07, 6.45) is 7.44. The molecule has 50 heavy (non-hydrogen) atoms. The average Bonchev–Trinajstić information content (AvgIpc) is 3.58. The Morgan fingerprint density at radius 3 is 2.34 bits per heavy atom. The van der Waals surface area contributed by atoms with Crippen molar-refractivity contribution in [3.8, 4) is 34.1 Å². The first-order valence-corrected chi connectivity index (χ1v) is 17.5. The van der Waals surface area contributed by atoms with Crippen molar-refractivity contribution in [3.05, 3.63) is 132 Å². The molecule has 0 aliphatic heterocycles. The van der Waals surface area contributed by atoms with Crippen LogP contribution in [0, 0.1) is 31.4 Å². The third-order valence-corrected chi connectivity index (χ3v) is 9.29. The van der Waals surface area contributed by atoms with E-state index in [1.54, 1.807) is 0 Å². The summed E-state index contributed by atoms with van der Waals surface area (Å²) in [7, 11) is 0. The topological polar surface area (TPSA) is 44.9 Å². The second-order valence-corrected chi connectivity index (χ2v) is 14.3. The molecule has 0 bridgehead atoms. The summed E-state index contributed by atoms with van der Waals surface area (Å²) in [6.45, 7) is 13.3. The Kier molecular flexibility index (Phi) is 10.5. The van der Waals surface area contributed by atoms with Gasteiger partial charge in [0.15, 0.2) is 0 Å². The van der Waals surface area contributed by atoms with Crippen LogP contribution in [-0.2, 0) is 33.9 Å². The molecule has 3 heterocycles. The third kappa shape index (κ3) is 7.35. The molecule has 7 aromatic rings. The van der Waals surface area contributed by atoms with Gasteiger partial charge in [-0.25, -0.2) is 4.98 Å². The predicted octanol–water partition coefficient (Wildman–Crippen LogP) is 11.4. The molecule has 0 aliphatic carbocycles. The molecular formula is C44H44N4OPt. The number of pyridine rings is 1. The van der Waals surface area contributed by atoms with Gasteiger partial charge in [0, 0.05) is 34.5 Å². The number of rotatable bonds is 10. The number of hydrogen-bond acceptors (Lipinski definition) is 3. The number of aromatic nitrogens is 4. The van der Waals surface area contributed by atoms with Gasteiger partial charge < -0.3 is 9.30 Å². The van der Waals surface area contributed by atoms with Crippen LogP contribution in [0.5, 0.6) is 11.5 Å². The number of unbranched alkanes of at least 4 members (excludes halogenated alkanes) is 1. The Hall–Kier alpha value is -4.47. The van der Waals surface area contributed by atoms with Crippen LogP contribution < -0.4 is 4.74 Å². The molecule has 0 radical (unpaired) electrons. The average molecular weight is 840 g/mol. The van der Waals surface area contributed by atoms with Gasteiger partial charge in [-0.05, 0) is 90.9 Å². The van der Waals surface area contributed by atoms with Gasteiger partial charge in [0.1, 0.15) is 5.82 Å². The smallest absolute Gasteiger partial charge is 0.509 e. The minimum absolute atomic E-state index is 0. The van der Waals surface area contributed by atoms with Crippen LogP contribution in [0.3, 0.4) is 0 Å². The summed E-state index contributed by atoms with van der Waals surface area (Å²) in [6, 6.07) is 38.8. The van der Waals surface area contributed by atoms with Crippen molar-refractivity contribution in [1.29, 1.82) is 0 Å². The number of nitrogens with zero attached hydrogens (tertiary/aromatic N) is 4. The van der Waals surface area contributed by atoms with Crippen LogP contribution in [-0.4, -0.2) is 19.3 Å². The molecule has 4 aromatic carbocycles. The summed E-state index contributed by atoms with van der Waals surface area (Å²) in [4.78, 5) is 4.87. The molecule has 3 aromatic heterocycles. The molecule has 6 heteroatoms. The van der Waals surface area contributed by atoms with Crippen molar-refractivity contribution >= 4 is 21.8 Å². The van der Waals surface area contributed by atoms with Crippen molar-refractivity contribution in [1.82, 2.24) is 19.3 Å². The summed E-state index contributed by atoms with van der Waals surface area (Å²) < 4.78 is 10.7. The Bertz CT molecular complexity index is 2260. The maximum absolute atomic E-state index is 6.49. The number of hydrogen-bond donors (Lipinski definition) is 0. The molecular weight excluding hydrogens is 796 g/mol. The van der Waals surface area contributed by atoms with Crippen LogP contribution >= 0.6 is 0 Å². The largest absolute Gasteiger partial charge is 2.00 e. The van der Waals surface area contributed by atoms with Crippen LogP contribution in [0.2, 0.25) is 0 Å². The van der Waals surface area contributed by atoms with E-state index >= 15 is 0 Å². The van der Waals surface area contributed by atoms with Crippen LogP contribution in [0.25, 0.3) is 44.4 Å². The first kappa shape index (κ1) is 35.4. The third-order valence-electron chi connectivity index (χ3n) is 9.29. The van der Waals surface area contributed by atoms with E-state index < -0.39 is 0 Å². The number of fused-ring (bicyclic) bond motifs is 3. The van der Waals surface area contributed by atoms with Gasteiger partial charge in [0.05, 0.1) is 5.69 Å². The molecule has 0 aliphatic rings. The maximum Gasteiger partial charge on any atom is 2.00 e. The fourth-order valence-electron chi connectivity index (χ4n) is 6.70. The Morgan fingerprint density at radius 1 is 0.780 bits per heavy atom. The zero-order valence-electron chi connectivity index (χ0n) is 29.8. The quantitative estimate of drug-likeness (QED) is 0.129. The van der Waals surface area contributed by atoms with Gasteiger partial charge in [0.2, 0.25) is 0 Å². The molecule has 5 nitrogen and oxygen atoms in total. The molecule has 0 N–H and O–H groups in total. The van der Waals surface area contributed by atoms with Gasteiger partial charge in [-0.3, -0.25) is 4.68 Å². The monoisotopic (exact) mass is 839 g/mol. The summed E-state index contributed by atoms with van der Waals surface area (Å²) in [5.41, 5.74) is 10.1. The first-order valence-electron chi connectivity index (χ1n) is 17.5. The molecule has 256 valence electrons. The first-order chi connectivity index (χ1) is 23.7. The summed E-state index contributed by atoms with van der Waals surface area (Å²) in [5.74, 6) is 2.13. The molecule has 0 saturated carbocycles. The molecule has 0 fully saturated rings. The SMILES string of the molecule is CCCCc1ccnc(-n2c3[c-]c(Oc4[c-]c(-n5nc(C)c(-c6ccccc6)c5C)ccc4)ccc3c3cc(CCC(C)(C)C)ccc32)c1.[Pt+2]. The van der Waals surface area contributed by atoms with Gasteiger partial charge >= 0.3 is 21.1 Å². The van der Waals surface area contributed by atoms with Crippen LogP contribution in [0.15, 0.2) is 97.2 Å². The van der Waals surface area contributed by atoms with E-state index in [1.165, 1.54) is 16.5 Å². The normalized spacial score (nSPS) is 11.6. The zero-order valence-corrected chi connectivity index (χ0v) is 32.1. The van der Waals surface area contributed by atoms with E-state index in [0.29, 0.717) is 11.5 Å². The summed E-state index contributed by atoms with van der Waals surface area (Å²) >= 11 is 0. The molecule has 0 atom stereocenters. The van der Waals surface area contributed by atoms with E-state index in [0.717, 1.165) is 82.5 Å². The molecule has 0 amide bonds. The van der Waals surface area contributed by atoms with Crippen molar-refractivity contribution < 1.29 is 25.8 Å². The fourth-order valence-corrected chi connectivity index (χ4v) is 6.70. The number of aryl methyl sites for hydroxylation is 3. The van der Waals surface area contributed by atoms with Gasteiger partial charge in [-0.1, -0.05) is 82.1 Å². The van der Waals surface area contributed by atoms with Gasteiger partial charge in [-0.2, -0.15) is 17.2 Å². The zero-order chi connectivity index (χ0) is 34.1. The van der Waals surface area contributed by atoms with Gasteiger partial charge in [-0.15, -0.1) is 35.7 Å². The molecule has 7 rings (SSSR count). The summed E-state index contributed by atoms with van der Waals surface area (Å²) in [5, 5.41) is 7.23. The number of ether oxygens (including phenoxy) is 1. The van der Waals surface area contributed by atoms with E-state index in [4.69, 9.17) is 14.8 Å². The van der Waals surface area contributed by atoms with E-state index in [2.05, 4.69) is 119 Å². The maximum atomic E-state index is 6.49. The molecule has 0 unspecified atom stereocenters. The number of benzene rings is 4. The second-order valence-electron chi connectivity index (χ2n) is 14.3. The Morgan fingerprint density at radius 2 is 1.56 bits per heavy atom. The molecule has 0 spiro atoms. The molecule has 0 saturated heterocycles. The van der Waals surface area contributed by atoms with Gasteiger partial charge in [0.25, 0.3) is 0 Å². The second kappa shape index (κ2) is 14.8. The van der Waals surface area contributed by atoms with E-state index in [9.17, 15) is 0 Å². The van der Waals surface area contributed by atoms with Crippen molar-refractivity contribution in [2.75, 3.05) is 0 Å². The van der Waals surface area contributed by atoms with Crippen LogP contribution in [0.1, 0.15) is 69.5 Å².